The summed E-state index contributed by atoms with van der Waals surface area (Å²) in [5.41, 5.74) is 1.17. The molecule has 0 fully saturated rings. The first-order valence-electron chi connectivity index (χ1n) is 7.33. The Morgan fingerprint density at radius 2 is 2.05 bits per heavy atom. The number of nitrogens with one attached hydrogen (secondary N) is 2. The van der Waals surface area contributed by atoms with Gasteiger partial charge in [0.05, 0.1) is 6.04 Å². The number of carbonyl (C=O) groups excluding carboxylic acids is 1. The first kappa shape index (κ1) is 17.2. The molecule has 1 aromatic rings. The number of benzene rings is 1. The molecular formula is C16H25BrN2O. The zero-order chi connectivity index (χ0) is 15.0. The second kappa shape index (κ2) is 9.14. The maximum atomic E-state index is 12.0. The Labute approximate surface area is 130 Å². The summed E-state index contributed by atoms with van der Waals surface area (Å²) >= 11 is 3.47. The van der Waals surface area contributed by atoms with Crippen molar-refractivity contribution in [3.05, 3.63) is 34.3 Å². The molecule has 0 heterocycles. The lowest BCUT2D eigenvalue weighted by Gasteiger charge is -2.20. The average Bonchev–Trinajstić information content (AvgIpc) is 2.43. The van der Waals surface area contributed by atoms with Crippen molar-refractivity contribution in [2.45, 2.75) is 52.1 Å². The zero-order valence-corrected chi connectivity index (χ0v) is 14.2. The summed E-state index contributed by atoms with van der Waals surface area (Å²) in [7, 11) is 0. The van der Waals surface area contributed by atoms with Gasteiger partial charge in [0, 0.05) is 17.1 Å². The Hall–Kier alpha value is -0.870. The molecule has 0 aliphatic carbocycles. The number of rotatable bonds is 8. The molecule has 0 aliphatic rings. The van der Waals surface area contributed by atoms with Gasteiger partial charge in [-0.2, -0.15) is 0 Å². The summed E-state index contributed by atoms with van der Waals surface area (Å²) in [5, 5.41) is 6.31. The summed E-state index contributed by atoms with van der Waals surface area (Å²) in [6.45, 7) is 6.90. The van der Waals surface area contributed by atoms with Crippen LogP contribution in [0.1, 0.15) is 51.6 Å². The van der Waals surface area contributed by atoms with E-state index in [1.165, 1.54) is 12.0 Å². The Bertz CT molecular complexity index is 423. The molecule has 1 amide bonds. The number of hydrogen-bond donors (Lipinski definition) is 2. The largest absolute Gasteiger partial charge is 0.355 e. The fourth-order valence-electron chi connectivity index (χ4n) is 2.06. The van der Waals surface area contributed by atoms with Crippen LogP contribution in [0.2, 0.25) is 0 Å². The van der Waals surface area contributed by atoms with Gasteiger partial charge in [-0.3, -0.25) is 10.1 Å². The van der Waals surface area contributed by atoms with Crippen LogP contribution in [0.25, 0.3) is 0 Å². The van der Waals surface area contributed by atoms with Crippen LogP contribution >= 0.6 is 15.9 Å². The van der Waals surface area contributed by atoms with E-state index in [0.29, 0.717) is 0 Å². The predicted molar refractivity (Wildman–Crippen MR) is 87.7 cm³/mol. The molecule has 0 radical (unpaired) electrons. The summed E-state index contributed by atoms with van der Waals surface area (Å²) in [6.07, 6.45) is 3.39. The Balaban J connectivity index is 2.40. The lowest BCUT2D eigenvalue weighted by molar-refractivity contribution is -0.122. The van der Waals surface area contributed by atoms with Crippen LogP contribution in [0.15, 0.2) is 28.7 Å². The standard InChI is InChI=1S/C16H25BrN2O/c1-4-5-6-10-18-16(20)13(3)19-12(2)14-8-7-9-15(17)11-14/h7-9,11-13,19H,4-6,10H2,1-3H3,(H,18,20). The van der Waals surface area contributed by atoms with E-state index in [2.05, 4.69) is 52.5 Å². The summed E-state index contributed by atoms with van der Waals surface area (Å²) < 4.78 is 1.06. The number of hydrogen-bond acceptors (Lipinski definition) is 2. The minimum atomic E-state index is -0.189. The minimum Gasteiger partial charge on any atom is -0.355 e. The normalized spacial score (nSPS) is 13.8. The van der Waals surface area contributed by atoms with E-state index in [1.807, 2.05) is 19.1 Å². The third-order valence-electron chi connectivity index (χ3n) is 3.32. The second-order valence-corrected chi connectivity index (χ2v) is 6.08. The lowest BCUT2D eigenvalue weighted by Crippen LogP contribution is -2.43. The highest BCUT2D eigenvalue weighted by molar-refractivity contribution is 9.10. The van der Waals surface area contributed by atoms with E-state index in [9.17, 15) is 4.79 Å². The van der Waals surface area contributed by atoms with Crippen molar-refractivity contribution < 1.29 is 4.79 Å². The first-order chi connectivity index (χ1) is 9.54. The molecule has 2 N–H and O–H groups in total. The van der Waals surface area contributed by atoms with Crippen LogP contribution in [0.3, 0.4) is 0 Å². The van der Waals surface area contributed by atoms with Gasteiger partial charge in [-0.25, -0.2) is 0 Å². The van der Waals surface area contributed by atoms with Gasteiger partial charge in [-0.15, -0.1) is 0 Å². The Morgan fingerprint density at radius 3 is 2.70 bits per heavy atom. The molecule has 0 bridgehead atoms. The van der Waals surface area contributed by atoms with Crippen LogP contribution in [-0.4, -0.2) is 18.5 Å². The lowest BCUT2D eigenvalue weighted by atomic mass is 10.1. The maximum Gasteiger partial charge on any atom is 0.236 e. The quantitative estimate of drug-likeness (QED) is 0.706. The molecule has 3 nitrogen and oxygen atoms in total. The van der Waals surface area contributed by atoms with Gasteiger partial charge in [0.25, 0.3) is 0 Å². The van der Waals surface area contributed by atoms with Crippen molar-refractivity contribution in [2.24, 2.45) is 0 Å². The predicted octanol–water partition coefficient (Wildman–Crippen LogP) is 3.79. The number of unbranched alkanes of at least 4 members (excludes halogenated alkanes) is 2. The van der Waals surface area contributed by atoms with Gasteiger partial charge in [0.2, 0.25) is 5.91 Å². The van der Waals surface area contributed by atoms with Crippen molar-refractivity contribution in [3.63, 3.8) is 0 Å². The molecule has 112 valence electrons. The summed E-state index contributed by atoms with van der Waals surface area (Å²) in [6, 6.07) is 8.10. The highest BCUT2D eigenvalue weighted by atomic mass is 79.9. The molecule has 0 spiro atoms. The van der Waals surface area contributed by atoms with Gasteiger partial charge < -0.3 is 5.32 Å². The smallest absolute Gasteiger partial charge is 0.236 e. The summed E-state index contributed by atoms with van der Waals surface area (Å²) in [5.74, 6) is 0.0722. The van der Waals surface area contributed by atoms with Crippen molar-refractivity contribution in [1.29, 1.82) is 0 Å². The highest BCUT2D eigenvalue weighted by Crippen LogP contribution is 2.18. The monoisotopic (exact) mass is 340 g/mol. The second-order valence-electron chi connectivity index (χ2n) is 5.16. The van der Waals surface area contributed by atoms with Crippen LogP contribution in [-0.2, 0) is 4.79 Å². The molecule has 0 saturated heterocycles. The van der Waals surface area contributed by atoms with Crippen molar-refractivity contribution >= 4 is 21.8 Å². The zero-order valence-electron chi connectivity index (χ0n) is 12.6. The first-order valence-corrected chi connectivity index (χ1v) is 8.13. The molecule has 0 aliphatic heterocycles. The van der Waals surface area contributed by atoms with Gasteiger partial charge in [0.1, 0.15) is 0 Å². The van der Waals surface area contributed by atoms with Crippen LogP contribution < -0.4 is 10.6 Å². The van der Waals surface area contributed by atoms with Crippen molar-refractivity contribution in [2.75, 3.05) is 6.54 Å². The summed E-state index contributed by atoms with van der Waals surface area (Å²) in [4.78, 5) is 12.0. The number of amides is 1. The van der Waals surface area contributed by atoms with E-state index >= 15 is 0 Å². The van der Waals surface area contributed by atoms with E-state index in [1.54, 1.807) is 0 Å². The van der Waals surface area contributed by atoms with Gasteiger partial charge in [-0.05, 0) is 38.0 Å². The number of carbonyl (C=O) groups is 1. The minimum absolute atomic E-state index is 0.0722. The van der Waals surface area contributed by atoms with Crippen LogP contribution in [0, 0.1) is 0 Å². The topological polar surface area (TPSA) is 41.1 Å². The van der Waals surface area contributed by atoms with Gasteiger partial charge >= 0.3 is 0 Å². The van der Waals surface area contributed by atoms with Crippen molar-refractivity contribution in [1.82, 2.24) is 10.6 Å². The average molecular weight is 341 g/mol. The SMILES string of the molecule is CCCCCNC(=O)C(C)NC(C)c1cccc(Br)c1. The van der Waals surface area contributed by atoms with E-state index < -0.39 is 0 Å². The van der Waals surface area contributed by atoms with Crippen molar-refractivity contribution in [3.8, 4) is 0 Å². The Kier molecular flexibility index (Phi) is 7.85. The van der Waals surface area contributed by atoms with Gasteiger partial charge in [0.15, 0.2) is 0 Å². The molecule has 1 aromatic carbocycles. The third-order valence-corrected chi connectivity index (χ3v) is 3.81. The molecule has 0 aromatic heterocycles. The fourth-order valence-corrected chi connectivity index (χ4v) is 2.48. The molecular weight excluding hydrogens is 316 g/mol. The van der Waals surface area contributed by atoms with E-state index in [4.69, 9.17) is 0 Å². The molecule has 20 heavy (non-hydrogen) atoms. The van der Waals surface area contributed by atoms with Crippen LogP contribution in [0.4, 0.5) is 0 Å². The van der Waals surface area contributed by atoms with E-state index in [0.717, 1.165) is 23.9 Å². The molecule has 4 heteroatoms. The van der Waals surface area contributed by atoms with E-state index in [-0.39, 0.29) is 18.0 Å². The molecule has 0 saturated carbocycles. The third kappa shape index (κ3) is 6.06. The number of halogens is 1. The highest BCUT2D eigenvalue weighted by Gasteiger charge is 2.15. The van der Waals surface area contributed by atoms with Crippen LogP contribution in [0.5, 0.6) is 0 Å². The maximum absolute atomic E-state index is 12.0. The fraction of sp³-hybridized carbons (Fsp3) is 0.562. The Morgan fingerprint density at radius 1 is 1.30 bits per heavy atom. The van der Waals surface area contributed by atoms with Gasteiger partial charge in [-0.1, -0.05) is 47.8 Å². The molecule has 2 atom stereocenters. The molecule has 2 unspecified atom stereocenters. The molecule has 1 rings (SSSR count).